The maximum Gasteiger partial charge on any atom is 0.389 e. The molecule has 114 valence electrons. The van der Waals surface area contributed by atoms with Crippen LogP contribution in [0.4, 0.5) is 13.2 Å². The van der Waals surface area contributed by atoms with E-state index in [1.54, 1.807) is 6.20 Å². The third-order valence-electron chi connectivity index (χ3n) is 3.17. The van der Waals surface area contributed by atoms with Gasteiger partial charge in [0.2, 0.25) is 0 Å². The summed E-state index contributed by atoms with van der Waals surface area (Å²) < 4.78 is 36.5. The molecule has 1 unspecified atom stereocenters. The maximum atomic E-state index is 12.2. The molecule has 2 nitrogen and oxygen atoms in total. The number of pyridine rings is 1. The monoisotopic (exact) mass is 288 g/mol. The fraction of sp³-hybridized carbons (Fsp3) is 0.667. The van der Waals surface area contributed by atoms with Crippen molar-refractivity contribution in [2.75, 3.05) is 6.54 Å². The summed E-state index contributed by atoms with van der Waals surface area (Å²) in [5.74, 6) is 0. The topological polar surface area (TPSA) is 24.9 Å². The van der Waals surface area contributed by atoms with Crippen molar-refractivity contribution in [3.05, 3.63) is 30.1 Å². The molecule has 0 aliphatic carbocycles. The zero-order valence-electron chi connectivity index (χ0n) is 11.9. The average Bonchev–Trinajstić information content (AvgIpc) is 2.41. The molecule has 0 saturated carbocycles. The predicted octanol–water partition coefficient (Wildman–Crippen LogP) is 4.12. The van der Waals surface area contributed by atoms with Crippen LogP contribution in [-0.2, 0) is 6.42 Å². The van der Waals surface area contributed by atoms with Gasteiger partial charge in [-0.2, -0.15) is 13.2 Å². The van der Waals surface area contributed by atoms with Crippen molar-refractivity contribution in [2.24, 2.45) is 0 Å². The number of aromatic nitrogens is 1. The number of hydrogen-bond donors (Lipinski definition) is 1. The molecule has 0 aliphatic heterocycles. The van der Waals surface area contributed by atoms with E-state index in [0.717, 1.165) is 31.5 Å². The van der Waals surface area contributed by atoms with Gasteiger partial charge in [-0.1, -0.05) is 13.0 Å². The fourth-order valence-corrected chi connectivity index (χ4v) is 2.11. The van der Waals surface area contributed by atoms with Crippen LogP contribution in [0, 0.1) is 0 Å². The Kier molecular flexibility index (Phi) is 7.59. The van der Waals surface area contributed by atoms with Gasteiger partial charge in [0.25, 0.3) is 0 Å². The third kappa shape index (κ3) is 8.15. The van der Waals surface area contributed by atoms with E-state index in [0.29, 0.717) is 6.42 Å². The van der Waals surface area contributed by atoms with E-state index < -0.39 is 12.6 Å². The second kappa shape index (κ2) is 8.95. The molecule has 0 fully saturated rings. The van der Waals surface area contributed by atoms with E-state index in [9.17, 15) is 13.2 Å². The molecular weight excluding hydrogens is 265 g/mol. The van der Waals surface area contributed by atoms with Crippen molar-refractivity contribution in [1.29, 1.82) is 0 Å². The highest BCUT2D eigenvalue weighted by Crippen LogP contribution is 2.23. The van der Waals surface area contributed by atoms with Crippen LogP contribution in [0.25, 0.3) is 0 Å². The molecule has 20 heavy (non-hydrogen) atoms. The number of rotatable bonds is 9. The minimum atomic E-state index is -4.05. The Labute approximate surface area is 118 Å². The number of nitrogens with one attached hydrogen (secondary N) is 1. The van der Waals surface area contributed by atoms with Crippen molar-refractivity contribution >= 4 is 0 Å². The van der Waals surface area contributed by atoms with Gasteiger partial charge in [-0.05, 0) is 50.8 Å². The predicted molar refractivity (Wildman–Crippen MR) is 74.5 cm³/mol. The minimum Gasteiger partial charge on any atom is -0.314 e. The maximum absolute atomic E-state index is 12.2. The molecule has 0 spiro atoms. The summed E-state index contributed by atoms with van der Waals surface area (Å²) in [5, 5.41) is 3.33. The van der Waals surface area contributed by atoms with Gasteiger partial charge < -0.3 is 5.32 Å². The Morgan fingerprint density at radius 3 is 2.65 bits per heavy atom. The number of alkyl halides is 3. The second-order valence-corrected chi connectivity index (χ2v) is 5.02. The fourth-order valence-electron chi connectivity index (χ4n) is 2.11. The van der Waals surface area contributed by atoms with Crippen LogP contribution >= 0.6 is 0 Å². The molecule has 0 aliphatic rings. The molecule has 0 aromatic carbocycles. The summed E-state index contributed by atoms with van der Waals surface area (Å²) in [6.45, 7) is 2.90. The lowest BCUT2D eigenvalue weighted by Crippen LogP contribution is -2.30. The van der Waals surface area contributed by atoms with Gasteiger partial charge in [0, 0.05) is 24.4 Å². The summed E-state index contributed by atoms with van der Waals surface area (Å²) in [6.07, 6.45) is 0.368. The molecule has 0 amide bonds. The smallest absolute Gasteiger partial charge is 0.314 e. The van der Waals surface area contributed by atoms with Crippen molar-refractivity contribution in [1.82, 2.24) is 10.3 Å². The summed E-state index contributed by atoms with van der Waals surface area (Å²) in [5.41, 5.74) is 0.992. The number of nitrogens with zero attached hydrogens (tertiary/aromatic N) is 1. The SMILES string of the molecule is CCCNC(CCCC(F)(F)F)CCc1ccccn1. The highest BCUT2D eigenvalue weighted by Gasteiger charge is 2.26. The first kappa shape index (κ1) is 17.0. The molecule has 1 aromatic heterocycles. The Morgan fingerprint density at radius 2 is 2.05 bits per heavy atom. The van der Waals surface area contributed by atoms with Crippen LogP contribution in [0.1, 0.15) is 44.7 Å². The third-order valence-corrected chi connectivity index (χ3v) is 3.17. The highest BCUT2D eigenvalue weighted by atomic mass is 19.4. The van der Waals surface area contributed by atoms with Gasteiger partial charge in [-0.3, -0.25) is 4.98 Å². The van der Waals surface area contributed by atoms with Crippen molar-refractivity contribution < 1.29 is 13.2 Å². The zero-order valence-corrected chi connectivity index (χ0v) is 11.9. The van der Waals surface area contributed by atoms with Gasteiger partial charge in [0.05, 0.1) is 0 Å². The molecule has 0 saturated heterocycles. The molecular formula is C15H23F3N2. The molecule has 5 heteroatoms. The van der Waals surface area contributed by atoms with Gasteiger partial charge >= 0.3 is 6.18 Å². The lowest BCUT2D eigenvalue weighted by Gasteiger charge is -2.18. The lowest BCUT2D eigenvalue weighted by atomic mass is 10.0. The van der Waals surface area contributed by atoms with E-state index in [-0.39, 0.29) is 12.5 Å². The van der Waals surface area contributed by atoms with E-state index in [4.69, 9.17) is 0 Å². The Morgan fingerprint density at radius 1 is 1.25 bits per heavy atom. The molecule has 1 heterocycles. The molecule has 1 rings (SSSR count). The van der Waals surface area contributed by atoms with Crippen molar-refractivity contribution in [3.8, 4) is 0 Å². The highest BCUT2D eigenvalue weighted by molar-refractivity contribution is 5.03. The van der Waals surface area contributed by atoms with Gasteiger partial charge in [-0.25, -0.2) is 0 Å². The lowest BCUT2D eigenvalue weighted by molar-refractivity contribution is -0.135. The minimum absolute atomic E-state index is 0.138. The summed E-state index contributed by atoms with van der Waals surface area (Å²) in [6, 6.07) is 5.88. The standard InChI is InChI=1S/C15H23F3N2/c1-2-11-19-14(7-5-10-15(16,17)18)9-8-13-6-3-4-12-20-13/h3-4,6,12,14,19H,2,5,7-11H2,1H3. The van der Waals surface area contributed by atoms with Gasteiger partial charge in [0.15, 0.2) is 0 Å². The number of aryl methyl sites for hydroxylation is 1. The van der Waals surface area contributed by atoms with Gasteiger partial charge in [-0.15, -0.1) is 0 Å². The van der Waals surface area contributed by atoms with E-state index in [1.807, 2.05) is 18.2 Å². The van der Waals surface area contributed by atoms with E-state index in [2.05, 4.69) is 17.2 Å². The van der Waals surface area contributed by atoms with Crippen LogP contribution in [0.15, 0.2) is 24.4 Å². The van der Waals surface area contributed by atoms with Crippen molar-refractivity contribution in [3.63, 3.8) is 0 Å². The first-order valence-corrected chi connectivity index (χ1v) is 7.21. The average molecular weight is 288 g/mol. The normalized spacial score (nSPS) is 13.4. The first-order chi connectivity index (χ1) is 9.51. The molecule has 0 bridgehead atoms. The quantitative estimate of drug-likeness (QED) is 0.739. The van der Waals surface area contributed by atoms with E-state index >= 15 is 0 Å². The van der Waals surface area contributed by atoms with Gasteiger partial charge in [0.1, 0.15) is 0 Å². The summed E-state index contributed by atoms with van der Waals surface area (Å²) in [4.78, 5) is 4.24. The summed E-state index contributed by atoms with van der Waals surface area (Å²) in [7, 11) is 0. The Balaban J connectivity index is 2.35. The first-order valence-electron chi connectivity index (χ1n) is 7.21. The molecule has 1 atom stereocenters. The van der Waals surface area contributed by atoms with Crippen LogP contribution in [0.5, 0.6) is 0 Å². The zero-order chi connectivity index (χ0) is 14.8. The molecule has 0 radical (unpaired) electrons. The van der Waals surface area contributed by atoms with Crippen LogP contribution in [0.3, 0.4) is 0 Å². The molecule has 1 aromatic rings. The van der Waals surface area contributed by atoms with Crippen LogP contribution in [-0.4, -0.2) is 23.7 Å². The van der Waals surface area contributed by atoms with Crippen LogP contribution in [0.2, 0.25) is 0 Å². The van der Waals surface area contributed by atoms with E-state index in [1.165, 1.54) is 0 Å². The van der Waals surface area contributed by atoms with Crippen molar-refractivity contribution in [2.45, 2.75) is 57.7 Å². The summed E-state index contributed by atoms with van der Waals surface area (Å²) >= 11 is 0. The largest absolute Gasteiger partial charge is 0.389 e. The molecule has 1 N–H and O–H groups in total. The Bertz CT molecular complexity index is 352. The second-order valence-electron chi connectivity index (χ2n) is 5.02. The van der Waals surface area contributed by atoms with Crippen LogP contribution < -0.4 is 5.32 Å². The number of hydrogen-bond acceptors (Lipinski definition) is 2. The Hall–Kier alpha value is -1.10. The number of halogens is 3.